The second-order valence-corrected chi connectivity index (χ2v) is 5.53. The molecule has 19 heavy (non-hydrogen) atoms. The summed E-state index contributed by atoms with van der Waals surface area (Å²) in [6.45, 7) is 8.33. The molecule has 0 saturated carbocycles. The second kappa shape index (κ2) is 7.31. The Labute approximate surface area is 120 Å². The summed E-state index contributed by atoms with van der Waals surface area (Å²) in [5.74, 6) is 0. The minimum atomic E-state index is 0.938. The van der Waals surface area contributed by atoms with E-state index in [1.54, 1.807) is 0 Å². The zero-order valence-corrected chi connectivity index (χ0v) is 12.5. The fourth-order valence-corrected chi connectivity index (χ4v) is 2.91. The molecule has 2 rings (SSSR count). The zero-order valence-electron chi connectivity index (χ0n) is 11.7. The van der Waals surface area contributed by atoms with Gasteiger partial charge < -0.3 is 10.2 Å². The van der Waals surface area contributed by atoms with Gasteiger partial charge in [0.2, 0.25) is 0 Å². The lowest BCUT2D eigenvalue weighted by atomic mass is 10.1. The van der Waals surface area contributed by atoms with Gasteiger partial charge in [-0.1, -0.05) is 31.2 Å². The standard InChI is InChI=1S/C16H22N2S/c1-3-17-12-14-8-5-6-10-16(14)18(4-2)13-15-9-7-11-19-15/h5-11,17H,3-4,12-13H2,1-2H3. The number of nitrogens with zero attached hydrogens (tertiary/aromatic N) is 1. The van der Waals surface area contributed by atoms with Gasteiger partial charge in [0, 0.05) is 23.7 Å². The van der Waals surface area contributed by atoms with Crippen LogP contribution in [0.4, 0.5) is 5.69 Å². The third-order valence-electron chi connectivity index (χ3n) is 3.21. The highest BCUT2D eigenvalue weighted by molar-refractivity contribution is 7.09. The molecular formula is C16H22N2S. The molecule has 1 aromatic heterocycles. The Balaban J connectivity index is 2.17. The van der Waals surface area contributed by atoms with Crippen LogP contribution in [0.1, 0.15) is 24.3 Å². The van der Waals surface area contributed by atoms with Gasteiger partial charge >= 0.3 is 0 Å². The fourth-order valence-electron chi connectivity index (χ4n) is 2.19. The molecule has 0 fully saturated rings. The van der Waals surface area contributed by atoms with E-state index in [1.807, 2.05) is 11.3 Å². The first kappa shape index (κ1) is 14.1. The third kappa shape index (κ3) is 3.82. The number of hydrogen-bond donors (Lipinski definition) is 1. The molecular weight excluding hydrogens is 252 g/mol. The molecule has 0 radical (unpaired) electrons. The van der Waals surface area contributed by atoms with Gasteiger partial charge in [0.1, 0.15) is 0 Å². The molecule has 0 amide bonds. The van der Waals surface area contributed by atoms with E-state index in [9.17, 15) is 0 Å². The van der Waals surface area contributed by atoms with E-state index in [0.29, 0.717) is 0 Å². The van der Waals surface area contributed by atoms with Gasteiger partial charge in [0.25, 0.3) is 0 Å². The van der Waals surface area contributed by atoms with Crippen LogP contribution in [0.5, 0.6) is 0 Å². The summed E-state index contributed by atoms with van der Waals surface area (Å²) in [4.78, 5) is 3.86. The summed E-state index contributed by atoms with van der Waals surface area (Å²) in [5.41, 5.74) is 2.72. The Morgan fingerprint density at radius 2 is 1.95 bits per heavy atom. The molecule has 1 heterocycles. The predicted octanol–water partition coefficient (Wildman–Crippen LogP) is 3.88. The highest BCUT2D eigenvalue weighted by Crippen LogP contribution is 2.23. The number of para-hydroxylation sites is 1. The van der Waals surface area contributed by atoms with Crippen molar-refractivity contribution in [2.45, 2.75) is 26.9 Å². The maximum atomic E-state index is 3.42. The molecule has 0 aliphatic carbocycles. The SMILES string of the molecule is CCNCc1ccccc1N(CC)Cc1cccs1. The normalized spacial score (nSPS) is 10.6. The summed E-state index contributed by atoms with van der Waals surface area (Å²) < 4.78 is 0. The van der Waals surface area contributed by atoms with Crippen LogP contribution >= 0.6 is 11.3 Å². The molecule has 0 saturated heterocycles. The largest absolute Gasteiger partial charge is 0.366 e. The van der Waals surface area contributed by atoms with E-state index >= 15 is 0 Å². The molecule has 2 aromatic rings. The topological polar surface area (TPSA) is 15.3 Å². The highest BCUT2D eigenvalue weighted by atomic mass is 32.1. The maximum Gasteiger partial charge on any atom is 0.0522 e. The number of rotatable bonds is 7. The van der Waals surface area contributed by atoms with Crippen LogP contribution in [0, 0.1) is 0 Å². The first-order chi connectivity index (χ1) is 9.35. The lowest BCUT2D eigenvalue weighted by molar-refractivity contribution is 0.719. The average molecular weight is 274 g/mol. The Kier molecular flexibility index (Phi) is 5.43. The van der Waals surface area contributed by atoms with E-state index in [2.05, 4.69) is 65.8 Å². The molecule has 0 spiro atoms. The Hall–Kier alpha value is -1.32. The van der Waals surface area contributed by atoms with E-state index in [-0.39, 0.29) is 0 Å². The van der Waals surface area contributed by atoms with Crippen LogP contribution in [0.15, 0.2) is 41.8 Å². The van der Waals surface area contributed by atoms with Crippen molar-refractivity contribution in [3.05, 3.63) is 52.2 Å². The minimum Gasteiger partial charge on any atom is -0.366 e. The van der Waals surface area contributed by atoms with Crippen LogP contribution < -0.4 is 10.2 Å². The third-order valence-corrected chi connectivity index (χ3v) is 4.07. The van der Waals surface area contributed by atoms with E-state index < -0.39 is 0 Å². The van der Waals surface area contributed by atoms with Crippen molar-refractivity contribution in [2.24, 2.45) is 0 Å². The van der Waals surface area contributed by atoms with Crippen molar-refractivity contribution in [1.29, 1.82) is 0 Å². The molecule has 0 bridgehead atoms. The Morgan fingerprint density at radius 1 is 1.11 bits per heavy atom. The van der Waals surface area contributed by atoms with Crippen LogP contribution in [-0.4, -0.2) is 13.1 Å². The van der Waals surface area contributed by atoms with Gasteiger partial charge in [0.05, 0.1) is 6.54 Å². The lowest BCUT2D eigenvalue weighted by Crippen LogP contribution is -2.24. The molecule has 1 aromatic carbocycles. The second-order valence-electron chi connectivity index (χ2n) is 4.50. The van der Waals surface area contributed by atoms with Crippen LogP contribution in [-0.2, 0) is 13.1 Å². The summed E-state index contributed by atoms with van der Waals surface area (Å²) in [5, 5.41) is 5.57. The fraction of sp³-hybridized carbons (Fsp3) is 0.375. The first-order valence-corrected chi connectivity index (χ1v) is 7.79. The smallest absolute Gasteiger partial charge is 0.0522 e. The van der Waals surface area contributed by atoms with E-state index in [1.165, 1.54) is 16.1 Å². The number of thiophene rings is 1. The molecule has 102 valence electrons. The predicted molar refractivity (Wildman–Crippen MR) is 84.9 cm³/mol. The van der Waals surface area contributed by atoms with Crippen molar-refractivity contribution >= 4 is 17.0 Å². The van der Waals surface area contributed by atoms with Crippen molar-refractivity contribution in [3.8, 4) is 0 Å². The van der Waals surface area contributed by atoms with E-state index in [4.69, 9.17) is 0 Å². The van der Waals surface area contributed by atoms with Crippen LogP contribution in [0.25, 0.3) is 0 Å². The molecule has 0 aliphatic rings. The van der Waals surface area contributed by atoms with Gasteiger partial charge in [0.15, 0.2) is 0 Å². The average Bonchev–Trinajstić information content (AvgIpc) is 2.96. The number of hydrogen-bond acceptors (Lipinski definition) is 3. The summed E-state index contributed by atoms with van der Waals surface area (Å²) in [6.07, 6.45) is 0. The maximum absolute atomic E-state index is 3.42. The Morgan fingerprint density at radius 3 is 2.63 bits per heavy atom. The molecule has 1 N–H and O–H groups in total. The lowest BCUT2D eigenvalue weighted by Gasteiger charge is -2.25. The van der Waals surface area contributed by atoms with Crippen molar-refractivity contribution in [3.63, 3.8) is 0 Å². The number of nitrogens with one attached hydrogen (secondary N) is 1. The van der Waals surface area contributed by atoms with Crippen LogP contribution in [0.3, 0.4) is 0 Å². The molecule has 0 aliphatic heterocycles. The Bertz CT molecular complexity index is 479. The van der Waals surface area contributed by atoms with Gasteiger partial charge in [-0.15, -0.1) is 11.3 Å². The van der Waals surface area contributed by atoms with Crippen molar-refractivity contribution in [1.82, 2.24) is 5.32 Å². The quantitative estimate of drug-likeness (QED) is 0.824. The van der Waals surface area contributed by atoms with Crippen molar-refractivity contribution in [2.75, 3.05) is 18.0 Å². The first-order valence-electron chi connectivity index (χ1n) is 6.91. The number of anilines is 1. The highest BCUT2D eigenvalue weighted by Gasteiger charge is 2.10. The number of benzene rings is 1. The summed E-state index contributed by atoms with van der Waals surface area (Å²) in [6, 6.07) is 13.0. The van der Waals surface area contributed by atoms with Gasteiger partial charge in [-0.3, -0.25) is 0 Å². The van der Waals surface area contributed by atoms with Crippen LogP contribution in [0.2, 0.25) is 0 Å². The monoisotopic (exact) mass is 274 g/mol. The minimum absolute atomic E-state index is 0.938. The molecule has 0 unspecified atom stereocenters. The molecule has 2 nitrogen and oxygen atoms in total. The zero-order chi connectivity index (χ0) is 13.5. The summed E-state index contributed by atoms with van der Waals surface area (Å²) in [7, 11) is 0. The molecule has 0 atom stereocenters. The van der Waals surface area contributed by atoms with E-state index in [0.717, 1.165) is 26.2 Å². The van der Waals surface area contributed by atoms with Gasteiger partial charge in [-0.05, 0) is 36.5 Å². The van der Waals surface area contributed by atoms with Crippen molar-refractivity contribution < 1.29 is 0 Å². The summed E-state index contributed by atoms with van der Waals surface area (Å²) >= 11 is 1.83. The van der Waals surface area contributed by atoms with Gasteiger partial charge in [-0.2, -0.15) is 0 Å². The van der Waals surface area contributed by atoms with Gasteiger partial charge in [-0.25, -0.2) is 0 Å². The molecule has 3 heteroatoms.